The first-order valence-electron chi connectivity index (χ1n) is 34.0. The minimum Gasteiger partial charge on any atom is -0.495 e. The Hall–Kier alpha value is -9.10. The van der Waals surface area contributed by atoms with Crippen molar-refractivity contribution >= 4 is 110 Å². The monoisotopic (exact) mass is 1350 g/mol. The Kier molecular flexibility index (Phi) is 25.9. The van der Waals surface area contributed by atoms with Crippen LogP contribution in [-0.2, 0) is 6.42 Å². The van der Waals surface area contributed by atoms with Crippen molar-refractivity contribution in [1.82, 2.24) is 0 Å². The van der Waals surface area contributed by atoms with E-state index >= 15 is 0 Å². The molecule has 0 radical (unpaired) electrons. The zero-order chi connectivity index (χ0) is 68.9. The van der Waals surface area contributed by atoms with Gasteiger partial charge in [-0.25, -0.2) is 0 Å². The molecule has 0 fully saturated rings. The Morgan fingerprint density at radius 1 is 0.327 bits per heavy atom. The molecule has 508 valence electrons. The Morgan fingerprint density at radius 3 is 1.22 bits per heavy atom. The number of ether oxygens (including phenoxy) is 8. The lowest BCUT2D eigenvalue weighted by molar-refractivity contribution is 0.202. The van der Waals surface area contributed by atoms with E-state index < -0.39 is 0 Å². The number of rotatable bonds is 25. The number of aryl methyl sites for hydroxylation is 3. The molecule has 0 saturated carbocycles. The van der Waals surface area contributed by atoms with Crippen molar-refractivity contribution in [3.8, 4) is 46.0 Å². The number of unbranched alkanes of at least 4 members (excludes halogenated alkanes) is 9. The standard InChI is InChI=1S/C28H38O2.C22H18O2S.C20H22O4.C16H13ClO2/c1-4-5-6-7-8-9-10-11-12-13-16-22-19-20-25-26(21-22)28(30-3)24-18-15-14-17-23(24)27(25)29-2;1-23-21-17-10-6-7-11-18(17)22(24-2)20-14-16(12-13-19(20)21)25-15-8-4-3-5-9-15;1-13-11-14(2)18-17(12-13)19(23-9-7-21)15-5-3-4-6-16(15)20(18)24-10-8-22;1-18-15-10-6-3-4-7-11(10)16(19-2)14-12(15)8-5-9-13(14)17/h14-15,17-21H,4-13,16H2,1-3H3;3-14H,1-2H3;3-6,11-12,21-22H,7-10H2,1-2H3;3-9H,1-2H3. The molecule has 0 amide bonds. The summed E-state index contributed by atoms with van der Waals surface area (Å²) in [7, 11) is 10.3. The third kappa shape index (κ3) is 16.2. The summed E-state index contributed by atoms with van der Waals surface area (Å²) in [5, 5.41) is 35.5. The van der Waals surface area contributed by atoms with Gasteiger partial charge in [0.15, 0.2) is 0 Å². The summed E-state index contributed by atoms with van der Waals surface area (Å²) in [5.41, 5.74) is 3.62. The number of fused-ring (bicyclic) bond motifs is 8. The van der Waals surface area contributed by atoms with Crippen molar-refractivity contribution in [2.75, 3.05) is 69.1 Å². The fourth-order valence-corrected chi connectivity index (χ4v) is 14.6. The topological polar surface area (TPSA) is 114 Å². The maximum atomic E-state index is 9.18. The SMILES string of the molecule is CCCCCCCCCCCCc1ccc2c(OC)c3ccccc3c(OC)c2c1.COc1c2ccccc2c(OC)c2c(Cl)cccc12.COc1c2ccccc2c(OC)c2cc(Sc3ccccc3)ccc12.Cc1cc(C)c2c(OCCO)c3ccccc3c(OCCO)c2c1. The minimum atomic E-state index is -0.0383. The third-order valence-corrected chi connectivity index (χ3v) is 19.2. The van der Waals surface area contributed by atoms with Crippen molar-refractivity contribution in [3.05, 3.63) is 216 Å². The molecule has 0 saturated heterocycles. The van der Waals surface area contributed by atoms with Crippen LogP contribution in [-0.4, -0.2) is 79.3 Å². The second-order valence-electron chi connectivity index (χ2n) is 24.3. The smallest absolute Gasteiger partial charge is 0.136 e. The Morgan fingerprint density at radius 2 is 0.724 bits per heavy atom. The summed E-state index contributed by atoms with van der Waals surface area (Å²) < 4.78 is 46.1. The van der Waals surface area contributed by atoms with E-state index in [4.69, 9.17) is 49.5 Å². The third-order valence-electron chi connectivity index (χ3n) is 17.9. The maximum absolute atomic E-state index is 9.18. The maximum Gasteiger partial charge on any atom is 0.136 e. The number of halogens is 1. The molecule has 0 aliphatic heterocycles. The molecule has 0 aliphatic carbocycles. The van der Waals surface area contributed by atoms with Gasteiger partial charge in [0.05, 0.1) is 60.9 Å². The second kappa shape index (κ2) is 35.4. The van der Waals surface area contributed by atoms with Gasteiger partial charge in [0.1, 0.15) is 59.2 Å². The number of methoxy groups -OCH3 is 6. The number of hydrogen-bond acceptors (Lipinski definition) is 11. The largest absolute Gasteiger partial charge is 0.495 e. The normalized spacial score (nSPS) is 11.1. The molecule has 10 nitrogen and oxygen atoms in total. The minimum absolute atomic E-state index is 0.0382. The summed E-state index contributed by atoms with van der Waals surface area (Å²) in [5.74, 6) is 6.81. The van der Waals surface area contributed by atoms with Crippen LogP contribution in [0, 0.1) is 13.8 Å². The fraction of sp³-hybridized carbons (Fsp3) is 0.279. The van der Waals surface area contributed by atoms with E-state index in [0.717, 1.165) is 150 Å². The molecule has 0 heterocycles. The molecular formula is C86H91ClO10S. The van der Waals surface area contributed by atoms with Crippen molar-refractivity contribution < 1.29 is 48.1 Å². The predicted molar refractivity (Wildman–Crippen MR) is 411 cm³/mol. The van der Waals surface area contributed by atoms with E-state index in [1.165, 1.54) is 79.6 Å². The van der Waals surface area contributed by atoms with Crippen LogP contribution in [0.25, 0.3) is 86.2 Å². The van der Waals surface area contributed by atoms with Gasteiger partial charge in [0.25, 0.3) is 0 Å². The van der Waals surface area contributed by atoms with Crippen molar-refractivity contribution in [2.45, 2.75) is 101 Å². The molecule has 0 atom stereocenters. The van der Waals surface area contributed by atoms with Crippen LogP contribution < -0.4 is 37.9 Å². The highest BCUT2D eigenvalue weighted by Crippen LogP contribution is 2.49. The first-order valence-corrected chi connectivity index (χ1v) is 35.2. The van der Waals surface area contributed by atoms with Gasteiger partial charge < -0.3 is 48.1 Å². The zero-order valence-corrected chi connectivity index (χ0v) is 59.6. The molecule has 0 aromatic heterocycles. The van der Waals surface area contributed by atoms with Gasteiger partial charge in [0, 0.05) is 96.0 Å². The molecule has 13 rings (SSSR count). The molecule has 0 spiro atoms. The van der Waals surface area contributed by atoms with Gasteiger partial charge in [-0.3, -0.25) is 0 Å². The molecule has 98 heavy (non-hydrogen) atoms. The van der Waals surface area contributed by atoms with E-state index in [1.807, 2.05) is 98.8 Å². The fourth-order valence-electron chi connectivity index (χ4n) is 13.5. The van der Waals surface area contributed by atoms with E-state index in [-0.39, 0.29) is 26.4 Å². The first-order chi connectivity index (χ1) is 48.1. The average Bonchev–Trinajstić information content (AvgIpc) is 0.775. The van der Waals surface area contributed by atoms with Gasteiger partial charge in [-0.1, -0.05) is 239 Å². The van der Waals surface area contributed by atoms with Crippen LogP contribution in [0.2, 0.25) is 5.02 Å². The lowest BCUT2D eigenvalue weighted by atomic mass is 9.95. The number of aliphatic hydroxyl groups excluding tert-OH is 2. The average molecular weight is 1350 g/mol. The van der Waals surface area contributed by atoms with Gasteiger partial charge >= 0.3 is 0 Å². The van der Waals surface area contributed by atoms with Gasteiger partial charge in [-0.05, 0) is 86.3 Å². The highest BCUT2D eigenvalue weighted by atomic mass is 35.5. The predicted octanol–water partition coefficient (Wildman–Crippen LogP) is 22.7. The molecule has 13 aromatic carbocycles. The lowest BCUT2D eigenvalue weighted by Gasteiger charge is -2.19. The highest BCUT2D eigenvalue weighted by molar-refractivity contribution is 7.99. The van der Waals surface area contributed by atoms with Crippen molar-refractivity contribution in [2.24, 2.45) is 0 Å². The summed E-state index contributed by atoms with van der Waals surface area (Å²) >= 11 is 8.08. The Balaban J connectivity index is 0.000000143. The highest BCUT2D eigenvalue weighted by Gasteiger charge is 2.21. The van der Waals surface area contributed by atoms with Crippen molar-refractivity contribution in [1.29, 1.82) is 0 Å². The summed E-state index contributed by atoms with van der Waals surface area (Å²) in [6.07, 6.45) is 14.9. The van der Waals surface area contributed by atoms with Gasteiger partial charge in [0.2, 0.25) is 0 Å². The number of hydrogen-bond donors (Lipinski definition) is 2. The van der Waals surface area contributed by atoms with Gasteiger partial charge in [-0.15, -0.1) is 0 Å². The quantitative estimate of drug-likeness (QED) is 0.0421. The van der Waals surface area contributed by atoms with Crippen LogP contribution in [0.5, 0.6) is 46.0 Å². The lowest BCUT2D eigenvalue weighted by Crippen LogP contribution is -2.06. The molecule has 13 aromatic rings. The molecular weight excluding hydrogens is 1260 g/mol. The molecule has 0 bridgehead atoms. The van der Waals surface area contributed by atoms with Crippen LogP contribution in [0.15, 0.2) is 204 Å². The van der Waals surface area contributed by atoms with E-state index in [2.05, 4.69) is 116 Å². The Labute approximate surface area is 586 Å². The summed E-state index contributed by atoms with van der Waals surface area (Å²) in [6.45, 7) is 6.78. The van der Waals surface area contributed by atoms with E-state index in [9.17, 15) is 10.2 Å². The zero-order valence-electron chi connectivity index (χ0n) is 58.0. The number of benzene rings is 13. The van der Waals surface area contributed by atoms with Crippen LogP contribution >= 0.6 is 23.4 Å². The van der Waals surface area contributed by atoms with E-state index in [0.29, 0.717) is 5.02 Å². The van der Waals surface area contributed by atoms with Crippen LogP contribution in [0.4, 0.5) is 0 Å². The molecule has 0 aliphatic rings. The summed E-state index contributed by atoms with van der Waals surface area (Å²) in [4.78, 5) is 2.39. The van der Waals surface area contributed by atoms with Gasteiger partial charge in [-0.2, -0.15) is 0 Å². The molecule has 12 heteroatoms. The molecule has 2 N–H and O–H groups in total. The van der Waals surface area contributed by atoms with E-state index in [1.54, 1.807) is 54.4 Å². The molecule has 0 unspecified atom stereocenters. The number of aliphatic hydroxyl groups is 2. The van der Waals surface area contributed by atoms with Crippen LogP contribution in [0.1, 0.15) is 87.8 Å². The Bertz CT molecular complexity index is 4820. The van der Waals surface area contributed by atoms with Crippen LogP contribution in [0.3, 0.4) is 0 Å². The van der Waals surface area contributed by atoms with Crippen molar-refractivity contribution in [3.63, 3.8) is 0 Å². The second-order valence-corrected chi connectivity index (χ2v) is 25.8. The summed E-state index contributed by atoms with van der Waals surface area (Å²) in [6, 6.07) is 66.0. The first kappa shape index (κ1) is 71.7.